The highest BCUT2D eigenvalue weighted by Gasteiger charge is 2.12. The van der Waals surface area contributed by atoms with E-state index >= 15 is 0 Å². The van der Waals surface area contributed by atoms with E-state index in [4.69, 9.17) is 0 Å². The van der Waals surface area contributed by atoms with Crippen molar-refractivity contribution in [3.05, 3.63) is 33.4 Å². The van der Waals surface area contributed by atoms with Crippen molar-refractivity contribution in [3.8, 4) is 0 Å². The number of hydrogen-bond acceptors (Lipinski definition) is 2. The van der Waals surface area contributed by atoms with Gasteiger partial charge in [0.1, 0.15) is 0 Å². The molecule has 1 N–H and O–H groups in total. The second-order valence-corrected chi connectivity index (χ2v) is 6.78. The zero-order valence-electron chi connectivity index (χ0n) is 9.42. The standard InChI is InChI=1S/C13H18INS/c14-13-3-1-11(2-4-13)9-15-10-12-5-7-16-8-6-12/h1-4,12,15H,5-10H2. The predicted octanol–water partition coefficient (Wildman–Crippen LogP) is 3.52. The van der Waals surface area contributed by atoms with Crippen LogP contribution in [-0.4, -0.2) is 18.1 Å². The van der Waals surface area contributed by atoms with Crippen molar-refractivity contribution in [2.75, 3.05) is 18.1 Å². The lowest BCUT2D eigenvalue weighted by atomic mass is 10.0. The van der Waals surface area contributed by atoms with E-state index < -0.39 is 0 Å². The predicted molar refractivity (Wildman–Crippen MR) is 80.9 cm³/mol. The molecule has 0 saturated carbocycles. The third-order valence-electron chi connectivity index (χ3n) is 3.02. The average Bonchev–Trinajstić information content (AvgIpc) is 2.33. The van der Waals surface area contributed by atoms with Crippen LogP contribution in [0.4, 0.5) is 0 Å². The molecule has 1 heterocycles. The summed E-state index contributed by atoms with van der Waals surface area (Å²) in [5.41, 5.74) is 1.39. The van der Waals surface area contributed by atoms with Gasteiger partial charge in [0.25, 0.3) is 0 Å². The minimum atomic E-state index is 0.907. The van der Waals surface area contributed by atoms with Gasteiger partial charge < -0.3 is 5.32 Å². The highest BCUT2D eigenvalue weighted by molar-refractivity contribution is 14.1. The molecule has 0 aliphatic carbocycles. The van der Waals surface area contributed by atoms with Crippen molar-refractivity contribution >= 4 is 34.4 Å². The highest BCUT2D eigenvalue weighted by Crippen LogP contribution is 2.21. The first-order valence-corrected chi connectivity index (χ1v) is 8.11. The molecular formula is C13H18INS. The van der Waals surface area contributed by atoms with E-state index in [9.17, 15) is 0 Å². The molecular weight excluding hydrogens is 329 g/mol. The lowest BCUT2D eigenvalue weighted by Crippen LogP contribution is -2.25. The van der Waals surface area contributed by atoms with Gasteiger partial charge in [-0.3, -0.25) is 0 Å². The molecule has 0 unspecified atom stereocenters. The zero-order chi connectivity index (χ0) is 11.2. The molecule has 0 bridgehead atoms. The average molecular weight is 347 g/mol. The van der Waals surface area contributed by atoms with Crippen LogP contribution < -0.4 is 5.32 Å². The zero-order valence-corrected chi connectivity index (χ0v) is 12.4. The molecule has 16 heavy (non-hydrogen) atoms. The first kappa shape index (κ1) is 12.7. The van der Waals surface area contributed by atoms with Gasteiger partial charge in [0.05, 0.1) is 0 Å². The Labute approximate surface area is 116 Å². The lowest BCUT2D eigenvalue weighted by Gasteiger charge is -2.21. The van der Waals surface area contributed by atoms with Crippen molar-refractivity contribution < 1.29 is 0 Å². The van der Waals surface area contributed by atoms with Gasteiger partial charge in [-0.05, 0) is 77.1 Å². The van der Waals surface area contributed by atoms with E-state index in [0.717, 1.165) is 12.5 Å². The molecule has 1 aromatic rings. The van der Waals surface area contributed by atoms with Crippen molar-refractivity contribution in [3.63, 3.8) is 0 Å². The summed E-state index contributed by atoms with van der Waals surface area (Å²) in [6, 6.07) is 8.78. The van der Waals surface area contributed by atoms with Crippen LogP contribution in [0.3, 0.4) is 0 Å². The van der Waals surface area contributed by atoms with Gasteiger partial charge in [0.2, 0.25) is 0 Å². The number of halogens is 1. The summed E-state index contributed by atoms with van der Waals surface area (Å²) >= 11 is 4.45. The fourth-order valence-electron chi connectivity index (χ4n) is 1.97. The molecule has 0 spiro atoms. The molecule has 1 aliphatic rings. The number of hydrogen-bond donors (Lipinski definition) is 1. The maximum atomic E-state index is 3.58. The fourth-order valence-corrected chi connectivity index (χ4v) is 3.54. The molecule has 1 aromatic carbocycles. The largest absolute Gasteiger partial charge is 0.312 e. The highest BCUT2D eigenvalue weighted by atomic mass is 127. The maximum Gasteiger partial charge on any atom is 0.0205 e. The van der Waals surface area contributed by atoms with Crippen LogP contribution in [0.1, 0.15) is 18.4 Å². The Kier molecular flexibility index (Phi) is 5.45. The normalized spacial score (nSPS) is 17.6. The van der Waals surface area contributed by atoms with Crippen LogP contribution in [0, 0.1) is 9.49 Å². The fraction of sp³-hybridized carbons (Fsp3) is 0.538. The first-order chi connectivity index (χ1) is 7.84. The molecule has 2 rings (SSSR count). The van der Waals surface area contributed by atoms with Gasteiger partial charge in [0.15, 0.2) is 0 Å². The van der Waals surface area contributed by atoms with Crippen molar-refractivity contribution in [2.24, 2.45) is 5.92 Å². The molecule has 1 aliphatic heterocycles. The summed E-state index contributed by atoms with van der Waals surface area (Å²) in [7, 11) is 0. The second kappa shape index (κ2) is 6.87. The van der Waals surface area contributed by atoms with E-state index in [1.807, 2.05) is 0 Å². The molecule has 0 atom stereocenters. The smallest absolute Gasteiger partial charge is 0.0205 e. The molecule has 0 aromatic heterocycles. The Morgan fingerprint density at radius 3 is 2.56 bits per heavy atom. The van der Waals surface area contributed by atoms with Crippen LogP contribution in [0.25, 0.3) is 0 Å². The van der Waals surface area contributed by atoms with Crippen molar-refractivity contribution in [1.29, 1.82) is 0 Å². The maximum absolute atomic E-state index is 3.58. The molecule has 0 amide bonds. The minimum absolute atomic E-state index is 0.907. The topological polar surface area (TPSA) is 12.0 Å². The number of nitrogens with one attached hydrogen (secondary N) is 1. The Morgan fingerprint density at radius 1 is 1.19 bits per heavy atom. The van der Waals surface area contributed by atoms with Crippen LogP contribution in [0.2, 0.25) is 0 Å². The van der Waals surface area contributed by atoms with E-state index in [0.29, 0.717) is 0 Å². The minimum Gasteiger partial charge on any atom is -0.312 e. The van der Waals surface area contributed by atoms with Crippen LogP contribution in [0.15, 0.2) is 24.3 Å². The first-order valence-electron chi connectivity index (χ1n) is 5.87. The van der Waals surface area contributed by atoms with Crippen molar-refractivity contribution in [2.45, 2.75) is 19.4 Å². The van der Waals surface area contributed by atoms with E-state index in [1.54, 1.807) is 0 Å². The second-order valence-electron chi connectivity index (χ2n) is 4.31. The van der Waals surface area contributed by atoms with Crippen LogP contribution in [0.5, 0.6) is 0 Å². The lowest BCUT2D eigenvalue weighted by molar-refractivity contribution is 0.447. The molecule has 1 saturated heterocycles. The van der Waals surface area contributed by atoms with Gasteiger partial charge in [-0.2, -0.15) is 11.8 Å². The Morgan fingerprint density at radius 2 is 1.88 bits per heavy atom. The molecule has 0 radical (unpaired) electrons. The summed E-state index contributed by atoms with van der Waals surface area (Å²) in [6.07, 6.45) is 2.79. The van der Waals surface area contributed by atoms with Gasteiger partial charge >= 0.3 is 0 Å². The molecule has 1 nitrogen and oxygen atoms in total. The quantitative estimate of drug-likeness (QED) is 0.837. The third kappa shape index (κ3) is 4.26. The number of thioether (sulfide) groups is 1. The van der Waals surface area contributed by atoms with Crippen LogP contribution >= 0.6 is 34.4 Å². The van der Waals surface area contributed by atoms with Gasteiger partial charge in [-0.1, -0.05) is 12.1 Å². The van der Waals surface area contributed by atoms with Gasteiger partial charge in [-0.25, -0.2) is 0 Å². The van der Waals surface area contributed by atoms with E-state index in [2.05, 4.69) is 63.9 Å². The third-order valence-corrected chi connectivity index (χ3v) is 4.78. The van der Waals surface area contributed by atoms with Crippen molar-refractivity contribution in [1.82, 2.24) is 5.32 Å². The summed E-state index contributed by atoms with van der Waals surface area (Å²) < 4.78 is 1.31. The Hall–Kier alpha value is 0.260. The van der Waals surface area contributed by atoms with Gasteiger partial charge in [-0.15, -0.1) is 0 Å². The monoisotopic (exact) mass is 347 g/mol. The van der Waals surface area contributed by atoms with E-state index in [1.165, 1.54) is 40.0 Å². The van der Waals surface area contributed by atoms with Crippen LogP contribution in [-0.2, 0) is 6.54 Å². The number of benzene rings is 1. The Balaban J connectivity index is 1.69. The molecule has 1 fully saturated rings. The summed E-state index contributed by atoms with van der Waals surface area (Å²) in [6.45, 7) is 2.20. The summed E-state index contributed by atoms with van der Waals surface area (Å²) in [5.74, 6) is 3.62. The number of rotatable bonds is 4. The molecule has 88 valence electrons. The van der Waals surface area contributed by atoms with Gasteiger partial charge in [0, 0.05) is 10.1 Å². The Bertz CT molecular complexity index is 306. The summed E-state index contributed by atoms with van der Waals surface area (Å²) in [4.78, 5) is 0. The van der Waals surface area contributed by atoms with E-state index in [-0.39, 0.29) is 0 Å². The molecule has 3 heteroatoms. The summed E-state index contributed by atoms with van der Waals surface area (Å²) in [5, 5.41) is 3.58. The SMILES string of the molecule is Ic1ccc(CNCC2CCSCC2)cc1.